The number of likely N-dealkylation sites (N-methyl/N-ethyl adjacent to an activating group) is 1. The minimum Gasteiger partial charge on any atom is -0.493 e. The minimum atomic E-state index is -0.241. The average molecular weight is 290 g/mol. The van der Waals surface area contributed by atoms with Crippen molar-refractivity contribution in [1.29, 1.82) is 0 Å². The van der Waals surface area contributed by atoms with Gasteiger partial charge in [-0.1, -0.05) is 17.3 Å². The number of nitrogens with two attached hydrogens (primary N) is 1. The van der Waals surface area contributed by atoms with Crippen molar-refractivity contribution < 1.29 is 9.26 Å². The normalized spacial score (nSPS) is 12.6. The van der Waals surface area contributed by atoms with Gasteiger partial charge in [-0.3, -0.25) is 0 Å². The van der Waals surface area contributed by atoms with Gasteiger partial charge in [0.15, 0.2) is 5.82 Å². The van der Waals surface area contributed by atoms with Crippen LogP contribution in [-0.2, 0) is 6.42 Å². The lowest BCUT2D eigenvalue weighted by atomic mass is 10.2. The number of ether oxygens (including phenoxy) is 1. The second-order valence-electron chi connectivity index (χ2n) is 5.33. The summed E-state index contributed by atoms with van der Waals surface area (Å²) in [5, 5.41) is 3.92. The average Bonchev–Trinajstić information content (AvgIpc) is 2.87. The molecule has 0 aliphatic rings. The molecular weight excluding hydrogens is 268 g/mol. The van der Waals surface area contributed by atoms with Gasteiger partial charge in [0.05, 0.1) is 19.1 Å². The third-order valence-corrected chi connectivity index (χ3v) is 2.95. The van der Waals surface area contributed by atoms with Gasteiger partial charge in [0.25, 0.3) is 0 Å². The van der Waals surface area contributed by atoms with Gasteiger partial charge in [0, 0.05) is 6.54 Å². The van der Waals surface area contributed by atoms with Gasteiger partial charge in [-0.05, 0) is 38.7 Å². The summed E-state index contributed by atoms with van der Waals surface area (Å²) in [6.45, 7) is 3.20. The lowest BCUT2D eigenvalue weighted by Crippen LogP contribution is -2.26. The predicted molar refractivity (Wildman–Crippen MR) is 80.2 cm³/mol. The molecule has 1 aromatic heterocycles. The third kappa shape index (κ3) is 4.84. The molecule has 0 spiro atoms. The van der Waals surface area contributed by atoms with Gasteiger partial charge in [-0.2, -0.15) is 4.98 Å². The molecule has 1 unspecified atom stereocenters. The highest BCUT2D eigenvalue weighted by molar-refractivity contribution is 5.27. The summed E-state index contributed by atoms with van der Waals surface area (Å²) in [5.74, 6) is 1.93. The highest BCUT2D eigenvalue weighted by Gasteiger charge is 2.14. The Balaban J connectivity index is 1.83. The largest absolute Gasteiger partial charge is 0.493 e. The minimum absolute atomic E-state index is 0.241. The fourth-order valence-corrected chi connectivity index (χ4v) is 1.96. The van der Waals surface area contributed by atoms with Crippen LogP contribution in [0.2, 0.25) is 0 Å². The standard InChI is InChI=1S/C15H22N4O2/c1-11-5-4-6-12(9-11)20-8-7-14-17-15(18-21-14)13(16)10-19(2)3/h4-6,9,13H,7-8,10,16H2,1-3H3. The van der Waals surface area contributed by atoms with Crippen molar-refractivity contribution in [2.75, 3.05) is 27.2 Å². The van der Waals surface area contributed by atoms with Gasteiger partial charge < -0.3 is 19.9 Å². The monoisotopic (exact) mass is 290 g/mol. The summed E-state index contributed by atoms with van der Waals surface area (Å²) in [6.07, 6.45) is 0.565. The van der Waals surface area contributed by atoms with Crippen LogP contribution in [0, 0.1) is 6.92 Å². The summed E-state index contributed by atoms with van der Waals surface area (Å²) in [6, 6.07) is 7.68. The molecule has 114 valence electrons. The van der Waals surface area contributed by atoms with E-state index in [-0.39, 0.29) is 6.04 Å². The first kappa shape index (κ1) is 15.5. The van der Waals surface area contributed by atoms with Crippen LogP contribution in [0.1, 0.15) is 23.3 Å². The van der Waals surface area contributed by atoms with E-state index in [1.54, 1.807) is 0 Å². The molecule has 1 aromatic carbocycles. The van der Waals surface area contributed by atoms with E-state index in [1.807, 2.05) is 50.2 Å². The Hall–Kier alpha value is -1.92. The van der Waals surface area contributed by atoms with E-state index in [1.165, 1.54) is 5.56 Å². The number of benzene rings is 1. The Morgan fingerprint density at radius 2 is 2.19 bits per heavy atom. The van der Waals surface area contributed by atoms with E-state index in [2.05, 4.69) is 10.1 Å². The molecule has 6 heteroatoms. The Morgan fingerprint density at radius 1 is 1.38 bits per heavy atom. The maximum Gasteiger partial charge on any atom is 0.230 e. The second-order valence-corrected chi connectivity index (χ2v) is 5.33. The molecule has 2 rings (SSSR count). The predicted octanol–water partition coefficient (Wildman–Crippen LogP) is 1.56. The van der Waals surface area contributed by atoms with Crippen LogP contribution in [-0.4, -0.2) is 42.3 Å². The van der Waals surface area contributed by atoms with Crippen molar-refractivity contribution in [2.24, 2.45) is 5.73 Å². The fraction of sp³-hybridized carbons (Fsp3) is 0.467. The van der Waals surface area contributed by atoms with Gasteiger partial charge in [-0.15, -0.1) is 0 Å². The highest BCUT2D eigenvalue weighted by Crippen LogP contribution is 2.13. The molecular formula is C15H22N4O2. The van der Waals surface area contributed by atoms with Crippen LogP contribution in [0.25, 0.3) is 0 Å². The SMILES string of the molecule is Cc1cccc(OCCc2nc(C(N)CN(C)C)no2)c1. The summed E-state index contributed by atoms with van der Waals surface area (Å²) in [4.78, 5) is 6.29. The number of aromatic nitrogens is 2. The molecule has 0 radical (unpaired) electrons. The van der Waals surface area contributed by atoms with Gasteiger partial charge in [0.2, 0.25) is 5.89 Å². The van der Waals surface area contributed by atoms with Crippen LogP contribution in [0.5, 0.6) is 5.75 Å². The van der Waals surface area contributed by atoms with Crippen LogP contribution >= 0.6 is 0 Å². The summed E-state index contributed by atoms with van der Waals surface area (Å²) in [7, 11) is 3.91. The molecule has 0 bridgehead atoms. The van der Waals surface area contributed by atoms with Crippen LogP contribution in [0.15, 0.2) is 28.8 Å². The van der Waals surface area contributed by atoms with Crippen LogP contribution in [0.4, 0.5) is 0 Å². The molecule has 1 heterocycles. The molecule has 0 aliphatic carbocycles. The van der Waals surface area contributed by atoms with Gasteiger partial charge >= 0.3 is 0 Å². The van der Waals surface area contributed by atoms with Crippen molar-refractivity contribution in [3.8, 4) is 5.75 Å². The van der Waals surface area contributed by atoms with Gasteiger partial charge in [-0.25, -0.2) is 0 Å². The molecule has 21 heavy (non-hydrogen) atoms. The van der Waals surface area contributed by atoms with Gasteiger partial charge in [0.1, 0.15) is 5.75 Å². The van der Waals surface area contributed by atoms with Crippen molar-refractivity contribution >= 4 is 0 Å². The quantitative estimate of drug-likeness (QED) is 0.834. The van der Waals surface area contributed by atoms with E-state index in [9.17, 15) is 0 Å². The first-order chi connectivity index (χ1) is 10.0. The maximum atomic E-state index is 5.99. The Labute approximate surface area is 124 Å². The molecule has 0 aliphatic heterocycles. The molecule has 0 saturated carbocycles. The Kier molecular flexibility index (Phi) is 5.30. The van der Waals surface area contributed by atoms with Crippen LogP contribution in [0.3, 0.4) is 0 Å². The first-order valence-corrected chi connectivity index (χ1v) is 6.97. The molecule has 0 amide bonds. The van der Waals surface area contributed by atoms with E-state index in [4.69, 9.17) is 15.0 Å². The zero-order valence-electron chi connectivity index (χ0n) is 12.7. The fourth-order valence-electron chi connectivity index (χ4n) is 1.96. The number of hydrogen-bond acceptors (Lipinski definition) is 6. The molecule has 0 saturated heterocycles. The van der Waals surface area contributed by atoms with E-state index in [0.29, 0.717) is 31.3 Å². The number of hydrogen-bond donors (Lipinski definition) is 1. The number of rotatable bonds is 7. The van der Waals surface area contributed by atoms with Crippen molar-refractivity contribution in [3.05, 3.63) is 41.5 Å². The zero-order chi connectivity index (χ0) is 15.2. The zero-order valence-corrected chi connectivity index (χ0v) is 12.7. The molecule has 2 N–H and O–H groups in total. The number of nitrogens with zero attached hydrogens (tertiary/aromatic N) is 3. The van der Waals surface area contributed by atoms with Crippen molar-refractivity contribution in [2.45, 2.75) is 19.4 Å². The van der Waals surface area contributed by atoms with E-state index in [0.717, 1.165) is 5.75 Å². The van der Waals surface area contributed by atoms with Crippen molar-refractivity contribution in [3.63, 3.8) is 0 Å². The summed E-state index contributed by atoms with van der Waals surface area (Å²) < 4.78 is 10.8. The van der Waals surface area contributed by atoms with Crippen molar-refractivity contribution in [1.82, 2.24) is 15.0 Å². The number of aryl methyl sites for hydroxylation is 1. The van der Waals surface area contributed by atoms with Crippen LogP contribution < -0.4 is 10.5 Å². The Morgan fingerprint density at radius 3 is 2.90 bits per heavy atom. The summed E-state index contributed by atoms with van der Waals surface area (Å²) in [5.41, 5.74) is 7.16. The lowest BCUT2D eigenvalue weighted by Gasteiger charge is -2.12. The third-order valence-electron chi connectivity index (χ3n) is 2.95. The molecule has 2 aromatic rings. The maximum absolute atomic E-state index is 5.99. The first-order valence-electron chi connectivity index (χ1n) is 6.97. The summed E-state index contributed by atoms with van der Waals surface area (Å²) >= 11 is 0. The smallest absolute Gasteiger partial charge is 0.230 e. The van der Waals surface area contributed by atoms with E-state index < -0.39 is 0 Å². The van der Waals surface area contributed by atoms with E-state index >= 15 is 0 Å². The lowest BCUT2D eigenvalue weighted by molar-refractivity contribution is 0.290. The Bertz CT molecular complexity index is 568. The highest BCUT2D eigenvalue weighted by atomic mass is 16.5. The topological polar surface area (TPSA) is 77.4 Å². The molecule has 6 nitrogen and oxygen atoms in total. The molecule has 0 fully saturated rings. The second kappa shape index (κ2) is 7.19. The molecule has 1 atom stereocenters.